The third kappa shape index (κ3) is 3.21. The van der Waals surface area contributed by atoms with Gasteiger partial charge in [-0.3, -0.25) is 4.57 Å². The predicted molar refractivity (Wildman–Crippen MR) is 94.3 cm³/mol. The maximum atomic E-state index is 10.4. The first-order valence-corrected chi connectivity index (χ1v) is 8.80. The van der Waals surface area contributed by atoms with E-state index in [-0.39, 0.29) is 17.9 Å². The van der Waals surface area contributed by atoms with Crippen LogP contribution in [0.15, 0.2) is 18.6 Å². The van der Waals surface area contributed by atoms with Gasteiger partial charge in [-0.25, -0.2) is 9.83 Å². The number of rotatable bonds is 4. The highest BCUT2D eigenvalue weighted by Crippen LogP contribution is 2.33. The maximum absolute atomic E-state index is 10.4. The van der Waals surface area contributed by atoms with Crippen LogP contribution in [-0.4, -0.2) is 54.1 Å². The van der Waals surface area contributed by atoms with Gasteiger partial charge in [0, 0.05) is 0 Å². The van der Waals surface area contributed by atoms with Gasteiger partial charge < -0.3 is 25.4 Å². The van der Waals surface area contributed by atoms with Crippen molar-refractivity contribution in [1.29, 1.82) is 0 Å². The number of aromatic nitrogens is 4. The number of aliphatic hydroxyl groups excluding tert-OH is 2. The Hall–Kier alpha value is -2.74. The van der Waals surface area contributed by atoms with E-state index < -0.39 is 24.5 Å². The summed E-state index contributed by atoms with van der Waals surface area (Å²) >= 11 is 0. The van der Waals surface area contributed by atoms with Crippen LogP contribution in [-0.2, 0) is 4.74 Å². The Labute approximate surface area is 155 Å². The molecule has 4 atom stereocenters. The molecular formula is C17H20N6O4. The van der Waals surface area contributed by atoms with Gasteiger partial charge in [0.15, 0.2) is 29.4 Å². The third-order valence-corrected chi connectivity index (χ3v) is 4.90. The molecule has 0 aromatic carbocycles. The molecule has 142 valence electrons. The summed E-state index contributed by atoms with van der Waals surface area (Å²) in [5, 5.41) is 20.6. The zero-order chi connectivity index (χ0) is 19.0. The van der Waals surface area contributed by atoms with Crippen LogP contribution < -0.4 is 10.5 Å². The molecule has 1 saturated heterocycles. The lowest BCUT2D eigenvalue weighted by Crippen LogP contribution is -2.30. The molecule has 2 aromatic rings. The number of nitrogens with two attached hydrogens (primary N) is 1. The average molecular weight is 372 g/mol. The van der Waals surface area contributed by atoms with Gasteiger partial charge in [0.25, 0.3) is 0 Å². The number of hydrogen-bond donors (Lipinski definition) is 3. The van der Waals surface area contributed by atoms with E-state index in [9.17, 15) is 10.2 Å². The van der Waals surface area contributed by atoms with E-state index in [2.05, 4.69) is 19.8 Å². The topological polar surface area (TPSA) is 133 Å². The van der Waals surface area contributed by atoms with Crippen LogP contribution in [0.4, 0.5) is 5.82 Å². The molecule has 4 N–H and O–H groups in total. The van der Waals surface area contributed by atoms with E-state index in [0.717, 1.165) is 25.7 Å². The van der Waals surface area contributed by atoms with Crippen LogP contribution in [0.1, 0.15) is 31.9 Å². The van der Waals surface area contributed by atoms with Crippen molar-refractivity contribution in [3.05, 3.63) is 30.0 Å². The molecule has 2 aromatic heterocycles. The van der Waals surface area contributed by atoms with E-state index in [0.29, 0.717) is 11.2 Å². The molecule has 0 unspecified atom stereocenters. The summed E-state index contributed by atoms with van der Waals surface area (Å²) in [5.74, 6) is 0.171. The highest BCUT2D eigenvalue weighted by Gasteiger charge is 2.43. The summed E-state index contributed by atoms with van der Waals surface area (Å²) in [6.07, 6.45) is 4.05. The van der Waals surface area contributed by atoms with Gasteiger partial charge in [-0.2, -0.15) is 9.97 Å². The van der Waals surface area contributed by atoms with Crippen LogP contribution in [0.3, 0.4) is 0 Å². The van der Waals surface area contributed by atoms with Gasteiger partial charge in [-0.1, -0.05) is 6.08 Å². The minimum atomic E-state index is -1.22. The number of anilines is 1. The largest absolute Gasteiger partial charge is 0.460 e. The summed E-state index contributed by atoms with van der Waals surface area (Å²) in [7, 11) is 0. The van der Waals surface area contributed by atoms with Crippen molar-refractivity contribution in [2.24, 2.45) is 0 Å². The molecular weight excluding hydrogens is 352 g/mol. The normalized spacial score (nSPS) is 28.9. The standard InChI is InChI=1S/C17H20N6O4/c1-19-7-6-10-12(24)13(25)16(27-10)23-8-20-11-14(18)21-17(22-15(11)23)26-9-4-2-3-5-9/h6-10,12-13,16,24-25H,2-5H2,(H2,18,21,22)/b7-6-/t10-,12-,13-,16-/m1/s1. The van der Waals surface area contributed by atoms with Gasteiger partial charge in [0.2, 0.25) is 0 Å². The minimum absolute atomic E-state index is 0.0662. The molecule has 3 heterocycles. The van der Waals surface area contributed by atoms with E-state index in [4.69, 9.17) is 21.8 Å². The number of aliphatic hydroxyl groups is 2. The Morgan fingerprint density at radius 3 is 2.81 bits per heavy atom. The fourth-order valence-corrected chi connectivity index (χ4v) is 3.51. The molecule has 4 rings (SSSR count). The highest BCUT2D eigenvalue weighted by atomic mass is 16.6. The van der Waals surface area contributed by atoms with Crippen LogP contribution >= 0.6 is 0 Å². The second-order valence-corrected chi connectivity index (χ2v) is 6.68. The number of fused-ring (bicyclic) bond motifs is 1. The van der Waals surface area contributed by atoms with Crippen LogP contribution in [0, 0.1) is 6.57 Å². The number of nitrogen functional groups attached to an aromatic ring is 1. The van der Waals surface area contributed by atoms with E-state index in [1.165, 1.54) is 23.2 Å². The van der Waals surface area contributed by atoms with Crippen molar-refractivity contribution in [1.82, 2.24) is 19.5 Å². The maximum Gasteiger partial charge on any atom is 0.320 e. The van der Waals surface area contributed by atoms with Gasteiger partial charge in [0.05, 0.1) is 19.0 Å². The van der Waals surface area contributed by atoms with Crippen molar-refractivity contribution in [3.63, 3.8) is 0 Å². The predicted octanol–water partition coefficient (Wildman–Crippen LogP) is 0.782. The van der Waals surface area contributed by atoms with Gasteiger partial charge in [0.1, 0.15) is 18.3 Å². The van der Waals surface area contributed by atoms with Gasteiger partial charge in [-0.05, 0) is 25.7 Å². The lowest BCUT2D eigenvalue weighted by atomic mass is 10.1. The van der Waals surface area contributed by atoms with E-state index in [1.807, 2.05) is 0 Å². The van der Waals surface area contributed by atoms with Crippen LogP contribution in [0.25, 0.3) is 16.0 Å². The van der Waals surface area contributed by atoms with Crippen molar-refractivity contribution >= 4 is 17.0 Å². The fraction of sp³-hybridized carbons (Fsp3) is 0.529. The summed E-state index contributed by atoms with van der Waals surface area (Å²) < 4.78 is 13.0. The van der Waals surface area contributed by atoms with Crippen molar-refractivity contribution in [2.45, 2.75) is 56.3 Å². The molecule has 1 saturated carbocycles. The average Bonchev–Trinajstić information content (AvgIpc) is 3.36. The summed E-state index contributed by atoms with van der Waals surface area (Å²) in [6.45, 7) is 6.80. The molecule has 2 aliphatic rings. The molecule has 27 heavy (non-hydrogen) atoms. The van der Waals surface area contributed by atoms with E-state index in [1.54, 1.807) is 0 Å². The van der Waals surface area contributed by atoms with Gasteiger partial charge in [-0.15, -0.1) is 0 Å². The number of ether oxygens (including phenoxy) is 2. The lowest BCUT2D eigenvalue weighted by molar-refractivity contribution is -0.0245. The second kappa shape index (κ2) is 7.11. The summed E-state index contributed by atoms with van der Waals surface area (Å²) in [4.78, 5) is 15.9. The first-order chi connectivity index (χ1) is 13.1. The summed E-state index contributed by atoms with van der Waals surface area (Å²) in [6, 6.07) is 0.158. The number of hydrogen-bond acceptors (Lipinski definition) is 8. The zero-order valence-electron chi connectivity index (χ0n) is 14.5. The molecule has 0 amide bonds. The van der Waals surface area contributed by atoms with Crippen LogP contribution in [0.2, 0.25) is 0 Å². The molecule has 1 aliphatic carbocycles. The molecule has 1 aliphatic heterocycles. The minimum Gasteiger partial charge on any atom is -0.460 e. The fourth-order valence-electron chi connectivity index (χ4n) is 3.51. The Bertz CT molecular complexity index is 901. The SMILES string of the molecule is [C-]#[N+]/C=C\[C@H]1O[C@@H](n2cnc3c(N)nc(OC4CCCC4)nc32)[C@H](O)[C@@H]1O. The molecule has 2 fully saturated rings. The Kier molecular flexibility index (Phi) is 4.65. The van der Waals surface area contributed by atoms with E-state index >= 15 is 0 Å². The monoisotopic (exact) mass is 372 g/mol. The van der Waals surface area contributed by atoms with Crippen molar-refractivity contribution in [3.8, 4) is 6.01 Å². The molecule has 0 spiro atoms. The Morgan fingerprint density at radius 2 is 2.07 bits per heavy atom. The summed E-state index contributed by atoms with van der Waals surface area (Å²) in [5.41, 5.74) is 6.70. The molecule has 0 radical (unpaired) electrons. The quantitative estimate of drug-likeness (QED) is 0.671. The van der Waals surface area contributed by atoms with Gasteiger partial charge >= 0.3 is 6.01 Å². The third-order valence-electron chi connectivity index (χ3n) is 4.90. The first kappa shape index (κ1) is 17.7. The lowest BCUT2D eigenvalue weighted by Gasteiger charge is -2.17. The number of nitrogens with zero attached hydrogens (tertiary/aromatic N) is 5. The second-order valence-electron chi connectivity index (χ2n) is 6.68. The highest BCUT2D eigenvalue weighted by molar-refractivity contribution is 5.82. The zero-order valence-corrected chi connectivity index (χ0v) is 14.5. The first-order valence-electron chi connectivity index (χ1n) is 8.80. The smallest absolute Gasteiger partial charge is 0.320 e. The van der Waals surface area contributed by atoms with Crippen molar-refractivity contribution in [2.75, 3.05) is 5.73 Å². The van der Waals surface area contributed by atoms with Crippen molar-refractivity contribution < 1.29 is 19.7 Å². The van der Waals surface area contributed by atoms with Crippen LogP contribution in [0.5, 0.6) is 6.01 Å². The molecule has 10 heteroatoms. The molecule has 0 bridgehead atoms. The molecule has 10 nitrogen and oxygen atoms in total. The Morgan fingerprint density at radius 1 is 1.30 bits per heavy atom. The number of imidazole rings is 1. The Balaban J connectivity index is 1.66.